The molecule has 0 aliphatic heterocycles. The Bertz CT molecular complexity index is 1360. The van der Waals surface area contributed by atoms with Crippen molar-refractivity contribution in [2.75, 3.05) is 10.0 Å². The molecule has 0 radical (unpaired) electrons. The normalized spacial score (nSPS) is 11.3. The fourth-order valence-corrected chi connectivity index (χ4v) is 3.89. The van der Waals surface area contributed by atoms with E-state index in [-0.39, 0.29) is 16.1 Å². The lowest BCUT2D eigenvalue weighted by Crippen LogP contribution is -2.18. The molecule has 146 valence electrons. The standard InChI is InChI=1S/C19H15N5O4S/c25-18(21-12-4-3-9-20-11-12)14-5-1-2-6-15(14)24-29(27,28)13-7-8-16-17(10-13)23-19(26)22-16/h1-11,24H,(H,21,25)(H2,22,23,26). The Morgan fingerprint density at radius 2 is 1.76 bits per heavy atom. The monoisotopic (exact) mass is 409 g/mol. The average Bonchev–Trinajstić information content (AvgIpc) is 3.08. The van der Waals surface area contributed by atoms with Crippen molar-refractivity contribution in [2.45, 2.75) is 4.90 Å². The third-order valence-corrected chi connectivity index (χ3v) is 5.50. The molecular formula is C19H15N5O4S. The number of aromatic amines is 2. The van der Waals surface area contributed by atoms with Gasteiger partial charge in [0.25, 0.3) is 15.9 Å². The van der Waals surface area contributed by atoms with Gasteiger partial charge in [0.05, 0.1) is 39.1 Å². The first-order valence-corrected chi connectivity index (χ1v) is 9.96. The van der Waals surface area contributed by atoms with Crippen LogP contribution in [0.5, 0.6) is 0 Å². The highest BCUT2D eigenvalue weighted by molar-refractivity contribution is 7.92. The number of sulfonamides is 1. The number of nitrogens with zero attached hydrogens (tertiary/aromatic N) is 1. The van der Waals surface area contributed by atoms with Crippen LogP contribution in [0.1, 0.15) is 10.4 Å². The molecule has 4 N–H and O–H groups in total. The zero-order valence-electron chi connectivity index (χ0n) is 14.8. The van der Waals surface area contributed by atoms with Crippen LogP contribution in [0.15, 0.2) is 76.7 Å². The van der Waals surface area contributed by atoms with E-state index in [9.17, 15) is 18.0 Å². The SMILES string of the molecule is O=C(Nc1cccnc1)c1ccccc1NS(=O)(=O)c1ccc2[nH]c(=O)[nH]c2c1. The molecule has 2 heterocycles. The predicted octanol–water partition coefficient (Wildman–Crippen LogP) is 2.30. The van der Waals surface area contributed by atoms with Crippen molar-refractivity contribution < 1.29 is 13.2 Å². The van der Waals surface area contributed by atoms with Crippen LogP contribution in [-0.4, -0.2) is 29.3 Å². The van der Waals surface area contributed by atoms with Crippen LogP contribution < -0.4 is 15.7 Å². The van der Waals surface area contributed by atoms with Gasteiger partial charge in [-0.05, 0) is 42.5 Å². The summed E-state index contributed by atoms with van der Waals surface area (Å²) in [5.74, 6) is -0.485. The van der Waals surface area contributed by atoms with E-state index in [1.54, 1.807) is 30.5 Å². The molecular weight excluding hydrogens is 394 g/mol. The van der Waals surface area contributed by atoms with E-state index in [1.807, 2.05) is 0 Å². The highest BCUT2D eigenvalue weighted by Crippen LogP contribution is 2.22. The number of benzene rings is 2. The number of fused-ring (bicyclic) bond motifs is 1. The van der Waals surface area contributed by atoms with Gasteiger partial charge in [-0.2, -0.15) is 0 Å². The summed E-state index contributed by atoms with van der Waals surface area (Å²) in [6.07, 6.45) is 3.06. The first kappa shape index (κ1) is 18.4. The molecule has 9 nitrogen and oxygen atoms in total. The van der Waals surface area contributed by atoms with Gasteiger partial charge >= 0.3 is 5.69 Å². The lowest BCUT2D eigenvalue weighted by atomic mass is 10.1. The van der Waals surface area contributed by atoms with Crippen LogP contribution in [0, 0.1) is 0 Å². The fraction of sp³-hybridized carbons (Fsp3) is 0. The van der Waals surface area contributed by atoms with Crippen LogP contribution in [-0.2, 0) is 10.0 Å². The number of para-hydroxylation sites is 1. The number of hydrogen-bond acceptors (Lipinski definition) is 5. The molecule has 29 heavy (non-hydrogen) atoms. The number of nitrogens with one attached hydrogen (secondary N) is 4. The Balaban J connectivity index is 1.64. The molecule has 2 aromatic carbocycles. The molecule has 0 fully saturated rings. The molecule has 0 aliphatic carbocycles. The van der Waals surface area contributed by atoms with Crippen molar-refractivity contribution >= 4 is 38.3 Å². The van der Waals surface area contributed by atoms with Crippen LogP contribution in [0.4, 0.5) is 11.4 Å². The number of rotatable bonds is 5. The van der Waals surface area contributed by atoms with Crippen molar-refractivity contribution in [2.24, 2.45) is 0 Å². The minimum Gasteiger partial charge on any atom is -0.321 e. The zero-order valence-corrected chi connectivity index (χ0v) is 15.7. The molecule has 4 aromatic rings. The van der Waals surface area contributed by atoms with E-state index in [0.29, 0.717) is 16.7 Å². The van der Waals surface area contributed by atoms with E-state index in [0.717, 1.165) is 0 Å². The number of carbonyl (C=O) groups excluding carboxylic acids is 1. The average molecular weight is 409 g/mol. The number of imidazole rings is 1. The summed E-state index contributed by atoms with van der Waals surface area (Å²) in [6.45, 7) is 0. The van der Waals surface area contributed by atoms with Gasteiger partial charge < -0.3 is 15.3 Å². The van der Waals surface area contributed by atoms with Crippen molar-refractivity contribution in [1.29, 1.82) is 0 Å². The van der Waals surface area contributed by atoms with Crippen LogP contribution in [0.2, 0.25) is 0 Å². The third kappa shape index (κ3) is 3.87. The summed E-state index contributed by atoms with van der Waals surface area (Å²) >= 11 is 0. The van der Waals surface area contributed by atoms with Gasteiger partial charge in [-0.15, -0.1) is 0 Å². The maximum Gasteiger partial charge on any atom is 0.323 e. The maximum atomic E-state index is 12.8. The lowest BCUT2D eigenvalue weighted by molar-refractivity contribution is 0.102. The second-order valence-electron chi connectivity index (χ2n) is 6.13. The van der Waals surface area contributed by atoms with Crippen molar-refractivity contribution in [1.82, 2.24) is 15.0 Å². The van der Waals surface area contributed by atoms with Crippen LogP contribution >= 0.6 is 0 Å². The Kier molecular flexibility index (Phi) is 4.61. The second kappa shape index (κ2) is 7.24. The van der Waals surface area contributed by atoms with E-state index >= 15 is 0 Å². The van der Waals surface area contributed by atoms with Gasteiger partial charge in [-0.25, -0.2) is 13.2 Å². The minimum absolute atomic E-state index is 0.0530. The Morgan fingerprint density at radius 3 is 2.55 bits per heavy atom. The van der Waals surface area contributed by atoms with Gasteiger partial charge in [0.15, 0.2) is 0 Å². The first-order chi connectivity index (χ1) is 13.9. The molecule has 0 saturated heterocycles. The van der Waals surface area contributed by atoms with Gasteiger partial charge in [0.1, 0.15) is 0 Å². The highest BCUT2D eigenvalue weighted by atomic mass is 32.2. The van der Waals surface area contributed by atoms with E-state index in [4.69, 9.17) is 0 Å². The molecule has 0 bridgehead atoms. The summed E-state index contributed by atoms with van der Waals surface area (Å²) in [7, 11) is -4.00. The lowest BCUT2D eigenvalue weighted by Gasteiger charge is -2.13. The van der Waals surface area contributed by atoms with Crippen LogP contribution in [0.3, 0.4) is 0 Å². The molecule has 2 aromatic heterocycles. The summed E-state index contributed by atoms with van der Waals surface area (Å²) in [6, 6.07) is 13.8. The number of aromatic nitrogens is 3. The summed E-state index contributed by atoms with van der Waals surface area (Å²) in [4.78, 5) is 32.9. The molecule has 0 aliphatic rings. The van der Waals surface area contributed by atoms with E-state index in [2.05, 4.69) is 25.0 Å². The van der Waals surface area contributed by atoms with Gasteiger partial charge in [-0.1, -0.05) is 12.1 Å². The number of amides is 1. The van der Waals surface area contributed by atoms with Crippen molar-refractivity contribution in [3.63, 3.8) is 0 Å². The maximum absolute atomic E-state index is 12.8. The summed E-state index contributed by atoms with van der Waals surface area (Å²) in [5, 5.41) is 2.67. The molecule has 10 heteroatoms. The predicted molar refractivity (Wildman–Crippen MR) is 108 cm³/mol. The number of carbonyl (C=O) groups is 1. The molecule has 0 saturated carbocycles. The van der Waals surface area contributed by atoms with Crippen LogP contribution in [0.25, 0.3) is 11.0 Å². The Hall–Kier alpha value is -3.92. The molecule has 0 atom stereocenters. The van der Waals surface area contributed by atoms with Gasteiger partial charge in [-0.3, -0.25) is 14.5 Å². The number of H-pyrrole nitrogens is 2. The second-order valence-corrected chi connectivity index (χ2v) is 7.82. The molecule has 4 rings (SSSR count). The molecule has 1 amide bonds. The number of pyridine rings is 1. The minimum atomic E-state index is -4.00. The van der Waals surface area contributed by atoms with Gasteiger partial charge in [0.2, 0.25) is 0 Å². The van der Waals surface area contributed by atoms with E-state index in [1.165, 1.54) is 36.5 Å². The van der Waals surface area contributed by atoms with Gasteiger partial charge in [0, 0.05) is 6.20 Å². The van der Waals surface area contributed by atoms with Crippen molar-refractivity contribution in [3.8, 4) is 0 Å². The highest BCUT2D eigenvalue weighted by Gasteiger charge is 2.19. The molecule has 0 spiro atoms. The van der Waals surface area contributed by atoms with E-state index < -0.39 is 21.6 Å². The quantitative estimate of drug-likeness (QED) is 0.401. The third-order valence-electron chi connectivity index (χ3n) is 4.13. The fourth-order valence-electron chi connectivity index (χ4n) is 2.79. The Labute approximate surface area is 164 Å². The topological polar surface area (TPSA) is 137 Å². The smallest absolute Gasteiger partial charge is 0.321 e. The number of hydrogen-bond donors (Lipinski definition) is 4. The van der Waals surface area contributed by atoms with Crippen molar-refractivity contribution in [3.05, 3.63) is 83.0 Å². The summed E-state index contributed by atoms with van der Waals surface area (Å²) in [5.41, 5.74) is 1.18. The number of anilines is 2. The molecule has 0 unspecified atom stereocenters. The summed E-state index contributed by atoms with van der Waals surface area (Å²) < 4.78 is 28.1. The zero-order chi connectivity index (χ0) is 20.4. The largest absolute Gasteiger partial charge is 0.323 e. The Morgan fingerprint density at radius 1 is 0.966 bits per heavy atom. The first-order valence-electron chi connectivity index (χ1n) is 8.48.